The monoisotopic (exact) mass is 332 g/mol. The minimum Gasteiger partial charge on any atom is -0.369 e. The lowest BCUT2D eigenvalue weighted by molar-refractivity contribution is -0.115. The molecule has 0 unspecified atom stereocenters. The molecular formula is C18H16N6O. The first-order valence-corrected chi connectivity index (χ1v) is 7.96. The molecule has 25 heavy (non-hydrogen) atoms. The lowest BCUT2D eigenvalue weighted by atomic mass is 10.2. The van der Waals surface area contributed by atoms with E-state index in [0.717, 1.165) is 33.3 Å². The van der Waals surface area contributed by atoms with E-state index in [4.69, 9.17) is 0 Å². The smallest absolute Gasteiger partial charge is 0.226 e. The Bertz CT molecular complexity index is 1040. The first kappa shape index (κ1) is 15.1. The van der Waals surface area contributed by atoms with Crippen LogP contribution in [0.25, 0.3) is 21.8 Å². The second kappa shape index (κ2) is 6.56. The van der Waals surface area contributed by atoms with Crippen molar-refractivity contribution in [3.63, 3.8) is 0 Å². The molecule has 0 atom stereocenters. The summed E-state index contributed by atoms with van der Waals surface area (Å²) in [6, 6.07) is 13.4. The number of nitrogens with zero attached hydrogens (tertiary/aromatic N) is 3. The van der Waals surface area contributed by atoms with Crippen molar-refractivity contribution in [2.24, 2.45) is 0 Å². The van der Waals surface area contributed by atoms with E-state index in [1.54, 1.807) is 6.20 Å². The Morgan fingerprint density at radius 2 is 2.04 bits per heavy atom. The van der Waals surface area contributed by atoms with E-state index in [2.05, 4.69) is 30.8 Å². The molecule has 0 aliphatic rings. The fraction of sp³-hybridized carbons (Fsp3) is 0.111. The van der Waals surface area contributed by atoms with Crippen LogP contribution in [-0.2, 0) is 4.79 Å². The molecule has 7 heteroatoms. The average Bonchev–Trinajstić information content (AvgIpc) is 3.10. The number of nitrogens with one attached hydrogen (secondary N) is 3. The highest BCUT2D eigenvalue weighted by atomic mass is 16.1. The van der Waals surface area contributed by atoms with Crippen molar-refractivity contribution in [2.75, 3.05) is 17.2 Å². The summed E-state index contributed by atoms with van der Waals surface area (Å²) in [5.41, 5.74) is 2.51. The molecule has 3 N–H and O–H groups in total. The minimum atomic E-state index is -0.0651. The lowest BCUT2D eigenvalue weighted by Crippen LogP contribution is -2.16. The van der Waals surface area contributed by atoms with Crippen LogP contribution in [0, 0.1) is 0 Å². The third kappa shape index (κ3) is 3.25. The number of fused-ring (bicyclic) bond motifs is 2. The second-order valence-electron chi connectivity index (χ2n) is 5.64. The molecule has 2 heterocycles. The molecule has 0 fully saturated rings. The normalized spacial score (nSPS) is 10.9. The summed E-state index contributed by atoms with van der Waals surface area (Å²) >= 11 is 0. The standard InChI is InChI=1S/C18H16N6O/c25-17(23-13-6-5-12-10-22-24-16(12)9-13)7-8-19-18-14-3-1-2-4-15(14)20-11-21-18/h1-6,9-11H,7-8H2,(H,22,24)(H,23,25)(H,19,20,21). The summed E-state index contributed by atoms with van der Waals surface area (Å²) in [7, 11) is 0. The van der Waals surface area contributed by atoms with Gasteiger partial charge >= 0.3 is 0 Å². The number of para-hydroxylation sites is 1. The van der Waals surface area contributed by atoms with Crippen molar-refractivity contribution in [1.29, 1.82) is 0 Å². The van der Waals surface area contributed by atoms with Gasteiger partial charge in [-0.25, -0.2) is 9.97 Å². The molecular weight excluding hydrogens is 316 g/mol. The topological polar surface area (TPSA) is 95.6 Å². The third-order valence-electron chi connectivity index (χ3n) is 3.91. The van der Waals surface area contributed by atoms with Gasteiger partial charge in [-0.1, -0.05) is 12.1 Å². The van der Waals surface area contributed by atoms with Crippen LogP contribution in [-0.4, -0.2) is 32.6 Å². The Morgan fingerprint density at radius 3 is 3.00 bits per heavy atom. The van der Waals surface area contributed by atoms with Crippen molar-refractivity contribution in [3.05, 3.63) is 55.0 Å². The second-order valence-corrected chi connectivity index (χ2v) is 5.64. The average molecular weight is 332 g/mol. The summed E-state index contributed by atoms with van der Waals surface area (Å²) in [6.45, 7) is 0.485. The highest BCUT2D eigenvalue weighted by Crippen LogP contribution is 2.19. The number of hydrogen-bond donors (Lipinski definition) is 3. The molecule has 0 saturated carbocycles. The quantitative estimate of drug-likeness (QED) is 0.522. The molecule has 1 amide bonds. The van der Waals surface area contributed by atoms with Gasteiger partial charge in [0.2, 0.25) is 5.91 Å². The van der Waals surface area contributed by atoms with Crippen molar-refractivity contribution in [3.8, 4) is 0 Å². The summed E-state index contributed by atoms with van der Waals surface area (Å²) < 4.78 is 0. The van der Waals surface area contributed by atoms with Crippen LogP contribution in [0.3, 0.4) is 0 Å². The molecule has 0 saturated heterocycles. The fourth-order valence-electron chi connectivity index (χ4n) is 2.68. The van der Waals surface area contributed by atoms with E-state index >= 15 is 0 Å². The molecule has 124 valence electrons. The van der Waals surface area contributed by atoms with Gasteiger partial charge in [-0.15, -0.1) is 0 Å². The number of H-pyrrole nitrogens is 1. The van der Waals surface area contributed by atoms with Crippen LogP contribution in [0.1, 0.15) is 6.42 Å². The third-order valence-corrected chi connectivity index (χ3v) is 3.91. The largest absolute Gasteiger partial charge is 0.369 e. The van der Waals surface area contributed by atoms with Gasteiger partial charge in [0, 0.05) is 29.4 Å². The first-order valence-electron chi connectivity index (χ1n) is 7.96. The molecule has 0 aliphatic heterocycles. The predicted molar refractivity (Wildman–Crippen MR) is 97.4 cm³/mol. The maximum atomic E-state index is 12.1. The Morgan fingerprint density at radius 1 is 1.12 bits per heavy atom. The SMILES string of the molecule is O=C(CCNc1ncnc2ccccc12)Nc1ccc2cn[nH]c2c1. The summed E-state index contributed by atoms with van der Waals surface area (Å²) in [5, 5.41) is 14.9. The molecule has 2 aromatic carbocycles. The molecule has 0 spiro atoms. The van der Waals surface area contributed by atoms with Gasteiger partial charge < -0.3 is 10.6 Å². The Balaban J connectivity index is 1.37. The summed E-state index contributed by atoms with van der Waals surface area (Å²) in [6.07, 6.45) is 3.60. The number of aromatic nitrogens is 4. The Kier molecular flexibility index (Phi) is 3.96. The number of aromatic amines is 1. The van der Waals surface area contributed by atoms with Crippen LogP contribution in [0.4, 0.5) is 11.5 Å². The van der Waals surface area contributed by atoms with E-state index in [1.807, 2.05) is 42.5 Å². The molecule has 0 bridgehead atoms. The van der Waals surface area contributed by atoms with Gasteiger partial charge in [0.05, 0.1) is 17.2 Å². The lowest BCUT2D eigenvalue weighted by Gasteiger charge is -2.09. The van der Waals surface area contributed by atoms with Gasteiger partial charge in [0.25, 0.3) is 0 Å². The number of benzene rings is 2. The Hall–Kier alpha value is -3.48. The van der Waals surface area contributed by atoms with Gasteiger partial charge in [-0.2, -0.15) is 5.10 Å². The van der Waals surface area contributed by atoms with Gasteiger partial charge in [0.1, 0.15) is 12.1 Å². The van der Waals surface area contributed by atoms with Crippen molar-refractivity contribution in [1.82, 2.24) is 20.2 Å². The zero-order chi connectivity index (χ0) is 17.1. The van der Waals surface area contributed by atoms with Crippen molar-refractivity contribution in [2.45, 2.75) is 6.42 Å². The van der Waals surface area contributed by atoms with Crippen LogP contribution in [0.5, 0.6) is 0 Å². The maximum absolute atomic E-state index is 12.1. The van der Waals surface area contributed by atoms with Crippen LogP contribution in [0.15, 0.2) is 55.0 Å². The molecule has 0 aliphatic carbocycles. The number of hydrogen-bond acceptors (Lipinski definition) is 5. The van der Waals surface area contributed by atoms with E-state index in [9.17, 15) is 4.79 Å². The van der Waals surface area contributed by atoms with E-state index in [0.29, 0.717) is 13.0 Å². The number of anilines is 2. The molecule has 2 aromatic heterocycles. The van der Waals surface area contributed by atoms with Crippen molar-refractivity contribution < 1.29 is 4.79 Å². The highest BCUT2D eigenvalue weighted by Gasteiger charge is 2.06. The Labute approximate surface area is 143 Å². The van der Waals surface area contributed by atoms with Gasteiger partial charge in [-0.3, -0.25) is 9.89 Å². The van der Waals surface area contributed by atoms with E-state index < -0.39 is 0 Å². The van der Waals surface area contributed by atoms with Gasteiger partial charge in [-0.05, 0) is 30.3 Å². The maximum Gasteiger partial charge on any atom is 0.226 e. The van der Waals surface area contributed by atoms with Crippen LogP contribution < -0.4 is 10.6 Å². The predicted octanol–water partition coefficient (Wildman–Crippen LogP) is 2.95. The highest BCUT2D eigenvalue weighted by molar-refractivity contribution is 5.94. The molecule has 4 rings (SSSR count). The number of rotatable bonds is 5. The van der Waals surface area contributed by atoms with Crippen LogP contribution >= 0.6 is 0 Å². The first-order chi connectivity index (χ1) is 12.3. The van der Waals surface area contributed by atoms with E-state index in [-0.39, 0.29) is 5.91 Å². The minimum absolute atomic E-state index is 0.0651. The van der Waals surface area contributed by atoms with Crippen LogP contribution in [0.2, 0.25) is 0 Å². The summed E-state index contributed by atoms with van der Waals surface area (Å²) in [4.78, 5) is 20.6. The zero-order valence-electron chi connectivity index (χ0n) is 13.4. The molecule has 4 aromatic rings. The number of carbonyl (C=O) groups is 1. The number of carbonyl (C=O) groups excluding carboxylic acids is 1. The van der Waals surface area contributed by atoms with Gasteiger partial charge in [0.15, 0.2) is 0 Å². The zero-order valence-corrected chi connectivity index (χ0v) is 13.4. The van der Waals surface area contributed by atoms with Crippen molar-refractivity contribution >= 4 is 39.2 Å². The summed E-state index contributed by atoms with van der Waals surface area (Å²) in [5.74, 6) is 0.669. The fourth-order valence-corrected chi connectivity index (χ4v) is 2.68. The number of amides is 1. The molecule has 7 nitrogen and oxygen atoms in total. The van der Waals surface area contributed by atoms with E-state index in [1.165, 1.54) is 6.33 Å². The molecule has 0 radical (unpaired) electrons.